The summed E-state index contributed by atoms with van der Waals surface area (Å²) in [5.41, 5.74) is 3.43. The lowest BCUT2D eigenvalue weighted by Crippen LogP contribution is -2.33. The Bertz CT molecular complexity index is 887. The quantitative estimate of drug-likeness (QED) is 0.306. The molecule has 0 N–H and O–H groups in total. The summed E-state index contributed by atoms with van der Waals surface area (Å²) in [4.78, 5) is 46.5. The average molecular weight is 399 g/mol. The Kier molecular flexibility index (Phi) is 6.08. The molecular weight excluding hydrogens is 378 g/mol. The molecule has 3 rings (SSSR count). The number of rotatable bonds is 7. The fraction of sp³-hybridized carbons (Fsp3) is 0.350. The van der Waals surface area contributed by atoms with Crippen molar-refractivity contribution < 1.29 is 19.1 Å². The van der Waals surface area contributed by atoms with Crippen molar-refractivity contribution in [2.24, 2.45) is 0 Å². The van der Waals surface area contributed by atoms with Crippen molar-refractivity contribution in [2.75, 3.05) is 19.4 Å². The van der Waals surface area contributed by atoms with E-state index in [2.05, 4.69) is 9.97 Å². The molecular formula is C20H21N3O4S. The van der Waals surface area contributed by atoms with Crippen molar-refractivity contribution in [3.8, 4) is 0 Å². The number of carbonyl (C=O) groups excluding carboxylic acids is 3. The molecule has 2 aromatic rings. The summed E-state index contributed by atoms with van der Waals surface area (Å²) < 4.78 is 5.22. The van der Waals surface area contributed by atoms with Crippen LogP contribution in [0.4, 0.5) is 0 Å². The number of nitrogens with zero attached hydrogens (tertiary/aromatic N) is 3. The molecule has 0 aliphatic carbocycles. The SMILES string of the molecule is CSc1nc(C)c(CCC(=O)OCCN2C(=O)c3ccccc3C2=O)c(C)n1. The Morgan fingerprint density at radius 1 is 1.07 bits per heavy atom. The van der Waals surface area contributed by atoms with E-state index < -0.39 is 0 Å². The van der Waals surface area contributed by atoms with Gasteiger partial charge in [-0.2, -0.15) is 0 Å². The van der Waals surface area contributed by atoms with Gasteiger partial charge < -0.3 is 4.74 Å². The zero-order valence-corrected chi connectivity index (χ0v) is 16.8. The number of fused-ring (bicyclic) bond motifs is 1. The summed E-state index contributed by atoms with van der Waals surface area (Å²) >= 11 is 1.48. The molecule has 2 heterocycles. The van der Waals surface area contributed by atoms with Crippen molar-refractivity contribution in [2.45, 2.75) is 31.8 Å². The predicted molar refractivity (Wildman–Crippen MR) is 104 cm³/mol. The smallest absolute Gasteiger partial charge is 0.306 e. The van der Waals surface area contributed by atoms with Gasteiger partial charge in [0.2, 0.25) is 0 Å². The lowest BCUT2D eigenvalue weighted by Gasteiger charge is -2.14. The third-order valence-electron chi connectivity index (χ3n) is 4.62. The first-order valence-electron chi connectivity index (χ1n) is 8.91. The molecule has 0 saturated carbocycles. The second kappa shape index (κ2) is 8.52. The number of carbonyl (C=O) groups is 3. The Morgan fingerprint density at radius 2 is 1.64 bits per heavy atom. The molecule has 28 heavy (non-hydrogen) atoms. The lowest BCUT2D eigenvalue weighted by molar-refractivity contribution is -0.143. The maximum Gasteiger partial charge on any atom is 0.306 e. The standard InChI is InChI=1S/C20H21N3O4S/c1-12-14(13(2)22-20(21-12)28-3)8-9-17(24)27-11-10-23-18(25)15-6-4-5-7-16(15)19(23)26/h4-7H,8-11H2,1-3H3. The highest BCUT2D eigenvalue weighted by atomic mass is 32.2. The second-order valence-electron chi connectivity index (χ2n) is 6.39. The number of hydrogen-bond acceptors (Lipinski definition) is 7. The van der Waals surface area contributed by atoms with Crippen LogP contribution in [0.3, 0.4) is 0 Å². The van der Waals surface area contributed by atoms with Gasteiger partial charge in [-0.05, 0) is 44.2 Å². The van der Waals surface area contributed by atoms with Crippen LogP contribution in [-0.4, -0.2) is 52.1 Å². The first-order valence-corrected chi connectivity index (χ1v) is 10.1. The van der Waals surface area contributed by atoms with E-state index in [0.29, 0.717) is 22.7 Å². The van der Waals surface area contributed by atoms with E-state index in [-0.39, 0.29) is 37.4 Å². The molecule has 1 aliphatic heterocycles. The maximum absolute atomic E-state index is 12.3. The lowest BCUT2D eigenvalue weighted by atomic mass is 10.1. The molecule has 0 unspecified atom stereocenters. The fourth-order valence-corrected chi connectivity index (χ4v) is 3.61. The van der Waals surface area contributed by atoms with Gasteiger partial charge in [-0.15, -0.1) is 0 Å². The fourth-order valence-electron chi connectivity index (χ4n) is 3.15. The molecule has 0 spiro atoms. The van der Waals surface area contributed by atoms with Crippen molar-refractivity contribution >= 4 is 29.5 Å². The first-order chi connectivity index (χ1) is 13.4. The molecule has 2 amide bonds. The van der Waals surface area contributed by atoms with E-state index in [4.69, 9.17) is 4.74 Å². The largest absolute Gasteiger partial charge is 0.464 e. The monoisotopic (exact) mass is 399 g/mol. The second-order valence-corrected chi connectivity index (χ2v) is 7.16. The van der Waals surface area contributed by atoms with E-state index in [1.165, 1.54) is 11.8 Å². The van der Waals surface area contributed by atoms with Crippen LogP contribution in [0.25, 0.3) is 0 Å². The molecule has 7 nitrogen and oxygen atoms in total. The number of esters is 1. The molecule has 1 aromatic heterocycles. The summed E-state index contributed by atoms with van der Waals surface area (Å²) in [6.07, 6.45) is 2.59. The molecule has 8 heteroatoms. The van der Waals surface area contributed by atoms with Crippen LogP contribution in [0, 0.1) is 13.8 Å². The van der Waals surface area contributed by atoms with Gasteiger partial charge in [0.1, 0.15) is 6.61 Å². The summed E-state index contributed by atoms with van der Waals surface area (Å²) in [5.74, 6) is -1.09. The molecule has 1 aliphatic rings. The van der Waals surface area contributed by atoms with E-state index in [9.17, 15) is 14.4 Å². The van der Waals surface area contributed by atoms with Gasteiger partial charge in [-0.1, -0.05) is 23.9 Å². The van der Waals surface area contributed by atoms with E-state index >= 15 is 0 Å². The van der Waals surface area contributed by atoms with Crippen LogP contribution in [0.1, 0.15) is 44.1 Å². The van der Waals surface area contributed by atoms with Crippen LogP contribution in [-0.2, 0) is 16.0 Å². The Labute approximate surface area is 167 Å². The van der Waals surface area contributed by atoms with Crippen LogP contribution in [0.15, 0.2) is 29.4 Å². The highest BCUT2D eigenvalue weighted by Gasteiger charge is 2.34. The summed E-state index contributed by atoms with van der Waals surface area (Å²) in [6.45, 7) is 3.82. The van der Waals surface area contributed by atoms with Crippen molar-refractivity contribution in [1.29, 1.82) is 0 Å². The van der Waals surface area contributed by atoms with Crippen LogP contribution in [0.5, 0.6) is 0 Å². The summed E-state index contributed by atoms with van der Waals surface area (Å²) in [6, 6.07) is 6.67. The van der Waals surface area contributed by atoms with Gasteiger partial charge in [0.25, 0.3) is 11.8 Å². The van der Waals surface area contributed by atoms with E-state index in [0.717, 1.165) is 21.9 Å². The van der Waals surface area contributed by atoms with Gasteiger partial charge >= 0.3 is 5.97 Å². The van der Waals surface area contributed by atoms with Gasteiger partial charge in [0.15, 0.2) is 5.16 Å². The highest BCUT2D eigenvalue weighted by molar-refractivity contribution is 7.98. The number of amides is 2. The normalized spacial score (nSPS) is 13.0. The Hall–Kier alpha value is -2.74. The number of ether oxygens (including phenoxy) is 1. The van der Waals surface area contributed by atoms with Gasteiger partial charge in [0, 0.05) is 17.8 Å². The number of hydrogen-bond donors (Lipinski definition) is 0. The third-order valence-corrected chi connectivity index (χ3v) is 5.17. The molecule has 0 saturated heterocycles. The Morgan fingerprint density at radius 3 is 2.18 bits per heavy atom. The van der Waals surface area contributed by atoms with Crippen molar-refractivity contribution in [3.63, 3.8) is 0 Å². The predicted octanol–water partition coefficient (Wildman–Crippen LogP) is 2.59. The molecule has 0 bridgehead atoms. The molecule has 0 radical (unpaired) electrons. The van der Waals surface area contributed by atoms with Gasteiger partial charge in [-0.25, -0.2) is 9.97 Å². The minimum Gasteiger partial charge on any atom is -0.464 e. The Balaban J connectivity index is 1.50. The minimum absolute atomic E-state index is 0.0236. The molecule has 0 fully saturated rings. The van der Waals surface area contributed by atoms with Crippen molar-refractivity contribution in [1.82, 2.24) is 14.9 Å². The molecule has 0 atom stereocenters. The first kappa shape index (κ1) is 20.0. The highest BCUT2D eigenvalue weighted by Crippen LogP contribution is 2.22. The van der Waals surface area contributed by atoms with E-state index in [1.54, 1.807) is 24.3 Å². The number of thioether (sulfide) groups is 1. The third kappa shape index (κ3) is 4.06. The van der Waals surface area contributed by atoms with Crippen LogP contribution >= 0.6 is 11.8 Å². The van der Waals surface area contributed by atoms with Crippen molar-refractivity contribution in [3.05, 3.63) is 52.3 Å². The van der Waals surface area contributed by atoms with Crippen LogP contribution in [0.2, 0.25) is 0 Å². The number of benzene rings is 1. The molecule has 1 aromatic carbocycles. The van der Waals surface area contributed by atoms with Crippen LogP contribution < -0.4 is 0 Å². The molecule has 146 valence electrons. The number of imide groups is 1. The summed E-state index contributed by atoms with van der Waals surface area (Å²) in [7, 11) is 0. The number of aromatic nitrogens is 2. The topological polar surface area (TPSA) is 89.5 Å². The average Bonchev–Trinajstić information content (AvgIpc) is 2.92. The van der Waals surface area contributed by atoms with E-state index in [1.807, 2.05) is 20.1 Å². The minimum atomic E-state index is -0.385. The van der Waals surface area contributed by atoms with Gasteiger partial charge in [0.05, 0.1) is 17.7 Å². The van der Waals surface area contributed by atoms with Gasteiger partial charge in [-0.3, -0.25) is 19.3 Å². The number of aryl methyl sites for hydroxylation is 2. The summed E-state index contributed by atoms with van der Waals surface area (Å²) in [5, 5.41) is 0.710. The zero-order valence-electron chi connectivity index (χ0n) is 16.0. The maximum atomic E-state index is 12.3. The zero-order chi connectivity index (χ0) is 20.3.